The van der Waals surface area contributed by atoms with Crippen LogP contribution in [-0.4, -0.2) is 34.9 Å². The minimum atomic E-state index is -0.833. The van der Waals surface area contributed by atoms with Gasteiger partial charge < -0.3 is 15.5 Å². The topological polar surface area (TPSA) is 69.6 Å². The summed E-state index contributed by atoms with van der Waals surface area (Å²) in [5, 5.41) is 22.6. The summed E-state index contributed by atoms with van der Waals surface area (Å²) in [6, 6.07) is -0.616. The van der Waals surface area contributed by atoms with Crippen molar-refractivity contribution in [1.82, 2.24) is 5.32 Å². The first kappa shape index (κ1) is 54.1. The minimum absolute atomic E-state index is 0.0691. The van der Waals surface area contributed by atoms with E-state index in [0.29, 0.717) is 6.42 Å². The summed E-state index contributed by atoms with van der Waals surface area (Å²) < 4.78 is 0. The largest absolute Gasteiger partial charge is 0.394 e. The molecule has 0 aliphatic heterocycles. The van der Waals surface area contributed by atoms with E-state index in [1.165, 1.54) is 173 Å². The molecule has 0 aromatic heterocycles. The van der Waals surface area contributed by atoms with Crippen LogP contribution in [0.4, 0.5) is 0 Å². The zero-order valence-corrected chi connectivity index (χ0v) is 37.4. The average molecular weight is 782 g/mol. The fourth-order valence-corrected chi connectivity index (χ4v) is 7.29. The number of carbonyl (C=O) groups excluding carboxylic acids is 1. The maximum Gasteiger partial charge on any atom is 0.220 e. The highest BCUT2D eigenvalue weighted by Crippen LogP contribution is 2.16. The van der Waals surface area contributed by atoms with Crippen LogP contribution in [0.25, 0.3) is 0 Å². The van der Waals surface area contributed by atoms with E-state index in [2.05, 4.69) is 67.8 Å². The van der Waals surface area contributed by atoms with Gasteiger partial charge in [0, 0.05) is 6.42 Å². The van der Waals surface area contributed by atoms with Gasteiger partial charge in [-0.3, -0.25) is 4.79 Å². The Morgan fingerprint density at radius 3 is 1.18 bits per heavy atom. The number of rotatable bonds is 44. The Morgan fingerprint density at radius 1 is 0.446 bits per heavy atom. The van der Waals surface area contributed by atoms with E-state index in [-0.39, 0.29) is 12.5 Å². The fourth-order valence-electron chi connectivity index (χ4n) is 7.29. The lowest BCUT2D eigenvalue weighted by molar-refractivity contribution is -0.123. The molecule has 4 heteroatoms. The molecule has 0 aromatic carbocycles. The van der Waals surface area contributed by atoms with Gasteiger partial charge in [-0.2, -0.15) is 0 Å². The second-order valence-corrected chi connectivity index (χ2v) is 16.5. The zero-order valence-electron chi connectivity index (χ0n) is 37.4. The van der Waals surface area contributed by atoms with Crippen molar-refractivity contribution in [2.24, 2.45) is 0 Å². The van der Waals surface area contributed by atoms with Gasteiger partial charge in [0.2, 0.25) is 5.91 Å². The SMILES string of the molecule is CC/C=C\C/C=C\C/C=C\C/C=C\CCCCCCCCCCCCCCCCCCCCCCCCCCCCC(=O)NC(CO)C(O)/C=C/CCCCC. The van der Waals surface area contributed by atoms with Crippen molar-refractivity contribution in [2.75, 3.05) is 6.61 Å². The van der Waals surface area contributed by atoms with Crippen molar-refractivity contribution in [1.29, 1.82) is 0 Å². The van der Waals surface area contributed by atoms with Crippen LogP contribution in [0.15, 0.2) is 60.8 Å². The maximum absolute atomic E-state index is 12.3. The molecule has 0 aromatic rings. The quantitative estimate of drug-likeness (QED) is 0.0426. The third kappa shape index (κ3) is 43.2. The van der Waals surface area contributed by atoms with Gasteiger partial charge >= 0.3 is 0 Å². The molecule has 56 heavy (non-hydrogen) atoms. The molecule has 0 heterocycles. The fraction of sp³-hybridized carbons (Fsp3) is 0.788. The van der Waals surface area contributed by atoms with Gasteiger partial charge in [0.15, 0.2) is 0 Å². The van der Waals surface area contributed by atoms with Gasteiger partial charge in [0.1, 0.15) is 0 Å². The molecule has 0 saturated carbocycles. The van der Waals surface area contributed by atoms with E-state index in [4.69, 9.17) is 0 Å². The first-order valence-electron chi connectivity index (χ1n) is 24.5. The predicted molar refractivity (Wildman–Crippen MR) is 248 cm³/mol. The molecule has 0 rings (SSSR count). The van der Waals surface area contributed by atoms with Crippen LogP contribution in [0.3, 0.4) is 0 Å². The molecule has 2 unspecified atom stereocenters. The van der Waals surface area contributed by atoms with Crippen LogP contribution >= 0.6 is 0 Å². The Labute approximate surface area is 349 Å². The lowest BCUT2D eigenvalue weighted by Crippen LogP contribution is -2.45. The molecular weight excluding hydrogens is 687 g/mol. The monoisotopic (exact) mass is 782 g/mol. The summed E-state index contributed by atoms with van der Waals surface area (Å²) in [6.07, 6.45) is 67.0. The molecule has 3 N–H and O–H groups in total. The molecule has 0 spiro atoms. The second kappa shape index (κ2) is 47.5. The molecule has 1 amide bonds. The van der Waals surface area contributed by atoms with Crippen LogP contribution in [0.5, 0.6) is 0 Å². The summed E-state index contributed by atoms with van der Waals surface area (Å²) in [7, 11) is 0. The first-order chi connectivity index (χ1) is 27.7. The molecule has 0 saturated heterocycles. The molecule has 326 valence electrons. The van der Waals surface area contributed by atoms with E-state index in [0.717, 1.165) is 51.4 Å². The van der Waals surface area contributed by atoms with Crippen molar-refractivity contribution < 1.29 is 15.0 Å². The highest BCUT2D eigenvalue weighted by Gasteiger charge is 2.17. The van der Waals surface area contributed by atoms with E-state index in [9.17, 15) is 15.0 Å². The highest BCUT2D eigenvalue weighted by atomic mass is 16.3. The van der Waals surface area contributed by atoms with Gasteiger partial charge in [-0.05, 0) is 57.8 Å². The third-order valence-electron chi connectivity index (χ3n) is 11.0. The summed E-state index contributed by atoms with van der Waals surface area (Å²) in [4.78, 5) is 12.3. The molecule has 0 fully saturated rings. The number of amides is 1. The van der Waals surface area contributed by atoms with Crippen LogP contribution in [0, 0.1) is 0 Å². The molecule has 0 bridgehead atoms. The molecular formula is C52H95NO3. The predicted octanol–water partition coefficient (Wildman–Crippen LogP) is 15.7. The third-order valence-corrected chi connectivity index (χ3v) is 11.0. The Hall–Kier alpha value is -1.91. The number of allylic oxidation sites excluding steroid dienone is 9. The first-order valence-corrected chi connectivity index (χ1v) is 24.5. The summed E-state index contributed by atoms with van der Waals surface area (Å²) in [5.41, 5.74) is 0. The standard InChI is InChI=1S/C52H95NO3/c1-3-5-7-9-10-11-12-13-14-15-16-17-18-19-20-21-22-23-24-25-26-27-28-29-30-31-32-33-34-35-36-37-38-39-40-41-42-44-46-48-52(56)53-50(49-54)51(55)47-45-43-8-6-4-2/h5,7,10-11,13-14,16-17,45,47,50-51,54-55H,3-4,6,8-9,12,15,18-44,46,48-49H2,1-2H3,(H,53,56)/b7-5-,11-10-,14-13-,17-16-,47-45+. The van der Waals surface area contributed by atoms with Crippen molar-refractivity contribution in [3.63, 3.8) is 0 Å². The number of hydrogen-bond acceptors (Lipinski definition) is 3. The number of aliphatic hydroxyl groups excluding tert-OH is 2. The molecule has 0 radical (unpaired) electrons. The van der Waals surface area contributed by atoms with Crippen molar-refractivity contribution in [3.8, 4) is 0 Å². The van der Waals surface area contributed by atoms with Crippen molar-refractivity contribution in [3.05, 3.63) is 60.8 Å². The zero-order chi connectivity index (χ0) is 40.7. The van der Waals surface area contributed by atoms with E-state index in [1.807, 2.05) is 6.08 Å². The lowest BCUT2D eigenvalue weighted by Gasteiger charge is -2.20. The second-order valence-electron chi connectivity index (χ2n) is 16.5. The number of hydrogen-bond donors (Lipinski definition) is 3. The molecule has 0 aliphatic carbocycles. The van der Waals surface area contributed by atoms with Crippen molar-refractivity contribution >= 4 is 5.91 Å². The summed E-state index contributed by atoms with van der Waals surface area (Å²) in [5.74, 6) is -0.0691. The molecule has 2 atom stereocenters. The Balaban J connectivity index is 3.32. The highest BCUT2D eigenvalue weighted by molar-refractivity contribution is 5.76. The number of aliphatic hydroxyl groups is 2. The van der Waals surface area contributed by atoms with Gasteiger partial charge in [-0.15, -0.1) is 0 Å². The van der Waals surface area contributed by atoms with E-state index < -0.39 is 12.1 Å². The van der Waals surface area contributed by atoms with Gasteiger partial charge in [-0.1, -0.05) is 242 Å². The average Bonchev–Trinajstić information content (AvgIpc) is 3.20. The van der Waals surface area contributed by atoms with Gasteiger partial charge in [-0.25, -0.2) is 0 Å². The van der Waals surface area contributed by atoms with E-state index >= 15 is 0 Å². The Kier molecular flexibility index (Phi) is 45.8. The smallest absolute Gasteiger partial charge is 0.220 e. The van der Waals surface area contributed by atoms with Crippen LogP contribution < -0.4 is 5.32 Å². The minimum Gasteiger partial charge on any atom is -0.394 e. The summed E-state index contributed by atoms with van der Waals surface area (Å²) >= 11 is 0. The van der Waals surface area contributed by atoms with Crippen LogP contribution in [0.1, 0.15) is 245 Å². The van der Waals surface area contributed by atoms with Gasteiger partial charge in [0.05, 0.1) is 18.8 Å². The van der Waals surface area contributed by atoms with Crippen LogP contribution in [0.2, 0.25) is 0 Å². The van der Waals surface area contributed by atoms with E-state index in [1.54, 1.807) is 6.08 Å². The summed E-state index contributed by atoms with van der Waals surface area (Å²) in [6.45, 7) is 4.10. The Bertz CT molecular complexity index is 934. The molecule has 4 nitrogen and oxygen atoms in total. The van der Waals surface area contributed by atoms with Gasteiger partial charge in [0.25, 0.3) is 0 Å². The van der Waals surface area contributed by atoms with Crippen LogP contribution in [-0.2, 0) is 4.79 Å². The normalized spacial score (nSPS) is 13.4. The lowest BCUT2D eigenvalue weighted by atomic mass is 10.0. The number of unbranched alkanes of at least 4 members (excludes halogenated alkanes) is 29. The number of carbonyl (C=O) groups is 1. The molecule has 0 aliphatic rings. The Morgan fingerprint density at radius 2 is 0.786 bits per heavy atom. The maximum atomic E-state index is 12.3. The number of nitrogens with one attached hydrogen (secondary N) is 1. The van der Waals surface area contributed by atoms with Crippen molar-refractivity contribution in [2.45, 2.75) is 257 Å².